The van der Waals surface area contributed by atoms with E-state index in [0.29, 0.717) is 5.71 Å². The highest BCUT2D eigenvalue weighted by molar-refractivity contribution is 5.97. The van der Waals surface area contributed by atoms with Crippen LogP contribution in [-0.2, 0) is 0 Å². The van der Waals surface area contributed by atoms with E-state index in [4.69, 9.17) is 9.26 Å². The summed E-state index contributed by atoms with van der Waals surface area (Å²) in [7, 11) is 3.67. The Morgan fingerprint density at radius 2 is 2.13 bits per heavy atom. The van der Waals surface area contributed by atoms with Gasteiger partial charge in [-0.3, -0.25) is 0 Å². The highest BCUT2D eigenvalue weighted by Crippen LogP contribution is 2.33. The first-order chi connectivity index (χ1) is 11.2. The lowest BCUT2D eigenvalue weighted by Crippen LogP contribution is -2.19. The maximum atomic E-state index is 5.40. The van der Waals surface area contributed by atoms with Crippen LogP contribution in [0.2, 0.25) is 0 Å². The lowest BCUT2D eigenvalue weighted by atomic mass is 10.1. The summed E-state index contributed by atoms with van der Waals surface area (Å²) < 4.78 is 10.7. The van der Waals surface area contributed by atoms with Crippen LogP contribution in [0.15, 0.2) is 35.1 Å². The third-order valence-corrected chi connectivity index (χ3v) is 3.80. The van der Waals surface area contributed by atoms with Crippen molar-refractivity contribution in [2.75, 3.05) is 25.6 Å². The number of anilines is 1. The van der Waals surface area contributed by atoms with Crippen LogP contribution in [0.1, 0.15) is 19.8 Å². The molecule has 0 radical (unpaired) electrons. The summed E-state index contributed by atoms with van der Waals surface area (Å²) in [4.78, 5) is 10.8. The molecular weight excluding hydrogens is 292 g/mol. The number of nitrogens with zero attached hydrogens (tertiary/aromatic N) is 4. The Balaban J connectivity index is 2.11. The molecule has 0 saturated heterocycles. The van der Waals surface area contributed by atoms with Gasteiger partial charge in [-0.25, -0.2) is 4.98 Å². The van der Waals surface area contributed by atoms with E-state index >= 15 is 0 Å². The number of fused-ring (bicyclic) bond motifs is 1. The molecule has 0 aliphatic heterocycles. The zero-order valence-corrected chi connectivity index (χ0v) is 13.6. The van der Waals surface area contributed by atoms with E-state index in [2.05, 4.69) is 26.9 Å². The van der Waals surface area contributed by atoms with Gasteiger partial charge in [0, 0.05) is 19.2 Å². The second-order valence-corrected chi connectivity index (χ2v) is 5.42. The van der Waals surface area contributed by atoms with Crippen LogP contribution in [0, 0.1) is 0 Å². The molecule has 6 nitrogen and oxygen atoms in total. The second kappa shape index (κ2) is 6.64. The van der Waals surface area contributed by atoms with E-state index in [1.54, 1.807) is 7.11 Å². The van der Waals surface area contributed by atoms with Crippen molar-refractivity contribution < 1.29 is 9.26 Å². The Bertz CT molecular complexity index is 800. The van der Waals surface area contributed by atoms with Crippen LogP contribution < -0.4 is 9.64 Å². The molecule has 2 heterocycles. The first kappa shape index (κ1) is 15.3. The predicted molar refractivity (Wildman–Crippen MR) is 89.8 cm³/mol. The minimum absolute atomic E-state index is 0.496. The number of hydrogen-bond donors (Lipinski definition) is 0. The van der Waals surface area contributed by atoms with E-state index in [-0.39, 0.29) is 0 Å². The predicted octanol–water partition coefficient (Wildman–Crippen LogP) is 3.53. The summed E-state index contributed by atoms with van der Waals surface area (Å²) >= 11 is 0. The Kier molecular flexibility index (Phi) is 4.41. The summed E-state index contributed by atoms with van der Waals surface area (Å²) in [6.07, 6.45) is 3.74. The fourth-order valence-electron chi connectivity index (χ4n) is 2.53. The van der Waals surface area contributed by atoms with Gasteiger partial charge in [-0.2, -0.15) is 4.98 Å². The average molecular weight is 312 g/mol. The van der Waals surface area contributed by atoms with Crippen LogP contribution in [0.5, 0.6) is 5.75 Å². The molecule has 23 heavy (non-hydrogen) atoms. The Morgan fingerprint density at radius 1 is 1.26 bits per heavy atom. The molecule has 0 bridgehead atoms. The lowest BCUT2D eigenvalue weighted by molar-refractivity contribution is 0.415. The monoisotopic (exact) mass is 312 g/mol. The van der Waals surface area contributed by atoms with Crippen molar-refractivity contribution in [3.8, 4) is 17.0 Å². The van der Waals surface area contributed by atoms with E-state index in [1.165, 1.54) is 6.33 Å². The van der Waals surface area contributed by atoms with Crippen LogP contribution in [0.25, 0.3) is 22.4 Å². The van der Waals surface area contributed by atoms with Gasteiger partial charge in [0.2, 0.25) is 0 Å². The van der Waals surface area contributed by atoms with E-state index in [0.717, 1.165) is 47.6 Å². The lowest BCUT2D eigenvalue weighted by Gasteiger charge is -2.18. The van der Waals surface area contributed by atoms with Crippen LogP contribution in [0.4, 0.5) is 5.82 Å². The quantitative estimate of drug-likeness (QED) is 0.694. The minimum atomic E-state index is 0.496. The molecule has 3 rings (SSSR count). The molecule has 0 aliphatic carbocycles. The maximum absolute atomic E-state index is 5.40. The first-order valence-electron chi connectivity index (χ1n) is 7.70. The van der Waals surface area contributed by atoms with Crippen LogP contribution in [0.3, 0.4) is 0 Å². The third-order valence-electron chi connectivity index (χ3n) is 3.80. The molecule has 1 aromatic carbocycles. The van der Waals surface area contributed by atoms with Crippen LogP contribution >= 0.6 is 0 Å². The molecule has 2 aromatic heterocycles. The summed E-state index contributed by atoms with van der Waals surface area (Å²) in [6, 6.07) is 7.73. The van der Waals surface area contributed by atoms with Crippen molar-refractivity contribution in [1.29, 1.82) is 0 Å². The zero-order chi connectivity index (χ0) is 16.2. The Labute approximate surface area is 135 Å². The number of rotatable bonds is 6. The standard InChI is InChI=1S/C17H20N4O2/c1-4-5-9-21(2)16-14-15(20-23-17(14)19-11-18-16)12-7-6-8-13(10-12)22-3/h6-8,10-11H,4-5,9H2,1-3H3. The number of benzene rings is 1. The topological polar surface area (TPSA) is 64.3 Å². The molecule has 0 unspecified atom stereocenters. The van der Waals surface area contributed by atoms with E-state index in [9.17, 15) is 0 Å². The van der Waals surface area contributed by atoms with Crippen molar-refractivity contribution in [1.82, 2.24) is 15.1 Å². The van der Waals surface area contributed by atoms with Crippen molar-refractivity contribution in [3.63, 3.8) is 0 Å². The first-order valence-corrected chi connectivity index (χ1v) is 7.70. The Hall–Kier alpha value is -2.63. The highest BCUT2D eigenvalue weighted by atomic mass is 16.5. The van der Waals surface area contributed by atoms with Gasteiger partial charge in [-0.05, 0) is 18.6 Å². The van der Waals surface area contributed by atoms with Crippen molar-refractivity contribution in [3.05, 3.63) is 30.6 Å². The molecule has 0 spiro atoms. The molecule has 0 saturated carbocycles. The second-order valence-electron chi connectivity index (χ2n) is 5.42. The van der Waals surface area contributed by atoms with Gasteiger partial charge in [-0.15, -0.1) is 0 Å². The molecule has 0 amide bonds. The van der Waals surface area contributed by atoms with E-state index in [1.807, 2.05) is 31.3 Å². The molecule has 0 aliphatic rings. The number of aromatic nitrogens is 3. The summed E-state index contributed by atoms with van der Waals surface area (Å²) in [5.74, 6) is 1.61. The van der Waals surface area contributed by atoms with Gasteiger partial charge >= 0.3 is 0 Å². The summed E-state index contributed by atoms with van der Waals surface area (Å²) in [5, 5.41) is 5.04. The molecular formula is C17H20N4O2. The SMILES string of the molecule is CCCCN(C)c1ncnc2onc(-c3cccc(OC)c3)c12. The fourth-order valence-corrected chi connectivity index (χ4v) is 2.53. The Morgan fingerprint density at radius 3 is 2.91 bits per heavy atom. The van der Waals surface area contributed by atoms with Crippen molar-refractivity contribution in [2.24, 2.45) is 0 Å². The normalized spacial score (nSPS) is 10.9. The average Bonchev–Trinajstić information content (AvgIpc) is 3.03. The third kappa shape index (κ3) is 2.97. The number of hydrogen-bond acceptors (Lipinski definition) is 6. The number of ether oxygens (including phenoxy) is 1. The largest absolute Gasteiger partial charge is 0.497 e. The van der Waals surface area contributed by atoms with Crippen molar-refractivity contribution in [2.45, 2.75) is 19.8 Å². The van der Waals surface area contributed by atoms with Gasteiger partial charge in [0.25, 0.3) is 5.71 Å². The van der Waals surface area contributed by atoms with Gasteiger partial charge < -0.3 is 14.2 Å². The highest BCUT2D eigenvalue weighted by Gasteiger charge is 2.19. The number of methoxy groups -OCH3 is 1. The molecule has 120 valence electrons. The zero-order valence-electron chi connectivity index (χ0n) is 13.6. The summed E-state index contributed by atoms with van der Waals surface area (Å²) in [5.41, 5.74) is 2.15. The maximum Gasteiger partial charge on any atom is 0.263 e. The molecule has 3 aromatic rings. The van der Waals surface area contributed by atoms with E-state index < -0.39 is 0 Å². The molecule has 0 fully saturated rings. The van der Waals surface area contributed by atoms with Crippen molar-refractivity contribution >= 4 is 16.9 Å². The molecule has 0 N–H and O–H groups in total. The smallest absolute Gasteiger partial charge is 0.263 e. The molecule has 6 heteroatoms. The summed E-state index contributed by atoms with van der Waals surface area (Å²) in [6.45, 7) is 3.09. The van der Waals surface area contributed by atoms with Gasteiger partial charge in [0.1, 0.15) is 29.0 Å². The number of unbranched alkanes of at least 4 members (excludes halogenated alkanes) is 1. The van der Waals surface area contributed by atoms with Gasteiger partial charge in [-0.1, -0.05) is 30.6 Å². The van der Waals surface area contributed by atoms with Gasteiger partial charge in [0.05, 0.1) is 7.11 Å². The van der Waals surface area contributed by atoms with Crippen LogP contribution in [-0.4, -0.2) is 35.8 Å². The van der Waals surface area contributed by atoms with Gasteiger partial charge in [0.15, 0.2) is 0 Å². The molecule has 0 atom stereocenters. The minimum Gasteiger partial charge on any atom is -0.497 e. The fraction of sp³-hybridized carbons (Fsp3) is 0.353.